The van der Waals surface area contributed by atoms with Crippen LogP contribution in [0.5, 0.6) is 0 Å². The number of carbonyl (C=O) groups is 1. The average Bonchev–Trinajstić information content (AvgIpc) is 2.29. The van der Waals surface area contributed by atoms with E-state index in [1.807, 2.05) is 0 Å². The molecular weight excluding hydrogens is 171 g/mol. The first-order valence-corrected chi connectivity index (χ1v) is 3.23. The van der Waals surface area contributed by atoms with Crippen LogP contribution in [-0.2, 0) is 4.79 Å². The first kappa shape index (κ1) is 8.96. The van der Waals surface area contributed by atoms with E-state index in [4.69, 9.17) is 0 Å². The molecule has 0 aromatic carbocycles. The Kier molecular flexibility index (Phi) is 2.04. The lowest BCUT2D eigenvalue weighted by atomic mass is 10.1. The molecule has 66 valence electrons. The van der Waals surface area contributed by atoms with E-state index in [0.29, 0.717) is 6.29 Å². The molecule has 0 aliphatic carbocycles. The third kappa shape index (κ3) is 1.39. The summed E-state index contributed by atoms with van der Waals surface area (Å²) in [7, 11) is 0. The van der Waals surface area contributed by atoms with Gasteiger partial charge in [-0.1, -0.05) is 0 Å². The van der Waals surface area contributed by atoms with Crippen LogP contribution in [0, 0.1) is 0 Å². The molecule has 0 spiro atoms. The smallest absolute Gasteiger partial charge is 0.298 e. The Morgan fingerprint density at radius 3 is 2.33 bits per heavy atom. The van der Waals surface area contributed by atoms with Crippen molar-refractivity contribution in [3.05, 3.63) is 11.1 Å². The van der Waals surface area contributed by atoms with Crippen molar-refractivity contribution in [2.45, 2.75) is 13.1 Å². The number of hydrogen-bond acceptors (Lipinski definition) is 2. The third-order valence-electron chi connectivity index (χ3n) is 1.66. The zero-order valence-electron chi connectivity index (χ0n) is 6.27. The summed E-state index contributed by atoms with van der Waals surface area (Å²) < 4.78 is 36.1. The molecule has 1 aliphatic rings. The Bertz CT molecular complexity index is 275. The normalized spacial score (nSPS) is 18.2. The predicted molar refractivity (Wildman–Crippen MR) is 37.1 cm³/mol. The van der Waals surface area contributed by atoms with Gasteiger partial charge in [-0.05, 0) is 12.5 Å². The van der Waals surface area contributed by atoms with Crippen LogP contribution in [0.1, 0.15) is 6.92 Å². The maximum atomic E-state index is 12.0. The SMILES string of the molecule is CC1=C(C=O)CN=C1C(F)(F)F. The first-order valence-electron chi connectivity index (χ1n) is 3.23. The van der Waals surface area contributed by atoms with Crippen molar-refractivity contribution in [2.24, 2.45) is 4.99 Å². The molecule has 0 amide bonds. The molecular formula is C7H6F3NO. The van der Waals surface area contributed by atoms with E-state index < -0.39 is 11.9 Å². The number of allylic oxidation sites excluding steroid dienone is 1. The maximum absolute atomic E-state index is 12.0. The molecule has 0 unspecified atom stereocenters. The van der Waals surface area contributed by atoms with Gasteiger partial charge in [0.25, 0.3) is 0 Å². The van der Waals surface area contributed by atoms with Crippen LogP contribution in [0.25, 0.3) is 0 Å². The largest absolute Gasteiger partial charge is 0.433 e. The minimum atomic E-state index is -4.44. The highest BCUT2D eigenvalue weighted by Crippen LogP contribution is 2.27. The Morgan fingerprint density at radius 2 is 2.08 bits per heavy atom. The number of carbonyl (C=O) groups excluding carboxylic acids is 1. The second kappa shape index (κ2) is 2.73. The summed E-state index contributed by atoms with van der Waals surface area (Å²) in [5, 5.41) is 0. The van der Waals surface area contributed by atoms with Crippen molar-refractivity contribution < 1.29 is 18.0 Å². The van der Waals surface area contributed by atoms with Crippen molar-refractivity contribution in [3.63, 3.8) is 0 Å². The third-order valence-corrected chi connectivity index (χ3v) is 1.66. The summed E-state index contributed by atoms with van der Waals surface area (Å²) in [5.74, 6) is 0. The van der Waals surface area contributed by atoms with Crippen LogP contribution in [0.3, 0.4) is 0 Å². The fourth-order valence-electron chi connectivity index (χ4n) is 0.981. The highest BCUT2D eigenvalue weighted by molar-refractivity contribution is 6.09. The van der Waals surface area contributed by atoms with Gasteiger partial charge in [0.2, 0.25) is 0 Å². The molecule has 1 heterocycles. The monoisotopic (exact) mass is 177 g/mol. The van der Waals surface area contributed by atoms with Gasteiger partial charge in [-0.15, -0.1) is 0 Å². The second-order valence-electron chi connectivity index (χ2n) is 2.43. The van der Waals surface area contributed by atoms with Gasteiger partial charge in [0.05, 0.1) is 6.54 Å². The minimum absolute atomic E-state index is 0.0579. The molecule has 1 aliphatic heterocycles. The fraction of sp³-hybridized carbons (Fsp3) is 0.429. The first-order chi connectivity index (χ1) is 5.46. The summed E-state index contributed by atoms with van der Waals surface area (Å²) in [4.78, 5) is 13.4. The molecule has 0 atom stereocenters. The quantitative estimate of drug-likeness (QED) is 0.558. The number of nitrogens with zero attached hydrogens (tertiary/aromatic N) is 1. The maximum Gasteiger partial charge on any atom is 0.433 e. The second-order valence-corrected chi connectivity index (χ2v) is 2.43. The van der Waals surface area contributed by atoms with Crippen molar-refractivity contribution in [1.29, 1.82) is 0 Å². The zero-order chi connectivity index (χ0) is 9.35. The standard InChI is InChI=1S/C7H6F3NO/c1-4-5(3-12)2-11-6(4)7(8,9)10/h3H,2H2,1H3. The van der Waals surface area contributed by atoms with Gasteiger partial charge >= 0.3 is 6.18 Å². The van der Waals surface area contributed by atoms with Crippen molar-refractivity contribution in [2.75, 3.05) is 6.54 Å². The molecule has 0 bridgehead atoms. The lowest BCUT2D eigenvalue weighted by Gasteiger charge is -2.06. The molecule has 0 saturated carbocycles. The molecule has 5 heteroatoms. The van der Waals surface area contributed by atoms with Crippen LogP contribution < -0.4 is 0 Å². The van der Waals surface area contributed by atoms with Crippen LogP contribution in [-0.4, -0.2) is 24.7 Å². The van der Waals surface area contributed by atoms with Gasteiger partial charge in [0.15, 0.2) is 0 Å². The van der Waals surface area contributed by atoms with Crippen LogP contribution in [0.4, 0.5) is 13.2 Å². The van der Waals surface area contributed by atoms with Gasteiger partial charge in [0, 0.05) is 5.57 Å². The number of aldehydes is 1. The topological polar surface area (TPSA) is 29.4 Å². The van der Waals surface area contributed by atoms with E-state index in [1.165, 1.54) is 6.92 Å². The molecule has 0 aromatic heterocycles. The van der Waals surface area contributed by atoms with Gasteiger partial charge in [-0.2, -0.15) is 13.2 Å². The van der Waals surface area contributed by atoms with Crippen LogP contribution in [0.2, 0.25) is 0 Å². The fourth-order valence-corrected chi connectivity index (χ4v) is 0.981. The number of rotatable bonds is 1. The molecule has 0 aromatic rings. The molecule has 2 nitrogen and oxygen atoms in total. The number of halogens is 3. The molecule has 0 N–H and O–H groups in total. The highest BCUT2D eigenvalue weighted by Gasteiger charge is 2.39. The number of aliphatic imine (C=N–C) groups is 1. The summed E-state index contributed by atoms with van der Waals surface area (Å²) in [6.45, 7) is 1.10. The Hall–Kier alpha value is -1.13. The highest BCUT2D eigenvalue weighted by atomic mass is 19.4. The van der Waals surface area contributed by atoms with Crippen molar-refractivity contribution in [1.82, 2.24) is 0 Å². The lowest BCUT2D eigenvalue weighted by Crippen LogP contribution is -2.22. The molecule has 12 heavy (non-hydrogen) atoms. The van der Waals surface area contributed by atoms with Gasteiger partial charge < -0.3 is 0 Å². The lowest BCUT2D eigenvalue weighted by molar-refractivity contribution is -0.104. The number of hydrogen-bond donors (Lipinski definition) is 0. The molecule has 1 rings (SSSR count). The summed E-state index contributed by atoms with van der Waals surface area (Å²) in [5.41, 5.74) is -0.871. The van der Waals surface area contributed by atoms with E-state index >= 15 is 0 Å². The van der Waals surface area contributed by atoms with E-state index in [9.17, 15) is 18.0 Å². The summed E-state index contributed by atoms with van der Waals surface area (Å²) in [6, 6.07) is 0. The zero-order valence-corrected chi connectivity index (χ0v) is 6.27. The van der Waals surface area contributed by atoms with E-state index in [1.54, 1.807) is 0 Å². The van der Waals surface area contributed by atoms with Crippen molar-refractivity contribution >= 4 is 12.0 Å². The van der Waals surface area contributed by atoms with Gasteiger partial charge in [-0.25, -0.2) is 0 Å². The number of alkyl halides is 3. The van der Waals surface area contributed by atoms with Crippen LogP contribution >= 0.6 is 0 Å². The van der Waals surface area contributed by atoms with Gasteiger partial charge in [-0.3, -0.25) is 9.79 Å². The molecule has 0 saturated heterocycles. The Balaban J connectivity index is 2.99. The van der Waals surface area contributed by atoms with Gasteiger partial charge in [0.1, 0.15) is 12.0 Å². The van der Waals surface area contributed by atoms with Crippen molar-refractivity contribution in [3.8, 4) is 0 Å². The minimum Gasteiger partial charge on any atom is -0.298 e. The Morgan fingerprint density at radius 1 is 1.50 bits per heavy atom. The average molecular weight is 177 g/mol. The van der Waals surface area contributed by atoms with Crippen LogP contribution in [0.15, 0.2) is 16.1 Å². The summed E-state index contributed by atoms with van der Waals surface area (Å²) in [6.07, 6.45) is -4.02. The van der Waals surface area contributed by atoms with E-state index in [-0.39, 0.29) is 17.7 Å². The Labute approximate surface area is 66.8 Å². The predicted octanol–water partition coefficient (Wildman–Crippen LogP) is 1.52. The summed E-state index contributed by atoms with van der Waals surface area (Å²) >= 11 is 0. The molecule has 0 fully saturated rings. The van der Waals surface area contributed by atoms with E-state index in [0.717, 1.165) is 0 Å². The molecule has 0 radical (unpaired) electrons. The van der Waals surface area contributed by atoms with E-state index in [2.05, 4.69) is 4.99 Å².